The lowest BCUT2D eigenvalue weighted by molar-refractivity contribution is -0.384. The first-order valence-corrected chi connectivity index (χ1v) is 12.5. The molecule has 1 heterocycles. The topological polar surface area (TPSA) is 118 Å². The van der Waals surface area contributed by atoms with Crippen LogP contribution >= 0.6 is 23.2 Å². The van der Waals surface area contributed by atoms with Crippen molar-refractivity contribution in [3.63, 3.8) is 0 Å². The maximum Gasteiger partial charge on any atom is 0.273 e. The maximum absolute atomic E-state index is 13.7. The van der Waals surface area contributed by atoms with Gasteiger partial charge in [0.1, 0.15) is 6.54 Å². The van der Waals surface area contributed by atoms with E-state index in [9.17, 15) is 29.3 Å². The van der Waals surface area contributed by atoms with E-state index in [1.165, 1.54) is 42.5 Å². The van der Waals surface area contributed by atoms with Crippen LogP contribution in [0.4, 0.5) is 5.69 Å². The first-order chi connectivity index (χ1) is 17.7. The molecule has 3 amide bonds. The average Bonchev–Trinajstić information content (AvgIpc) is 3.67. The van der Waals surface area contributed by atoms with E-state index < -0.39 is 46.8 Å². The van der Waals surface area contributed by atoms with Crippen molar-refractivity contribution in [2.24, 2.45) is 35.5 Å². The highest BCUT2D eigenvalue weighted by atomic mass is 35.5. The summed E-state index contributed by atoms with van der Waals surface area (Å²) < 4.78 is 0. The molecule has 2 aromatic rings. The number of nitrogens with zero attached hydrogens (tertiary/aromatic N) is 3. The van der Waals surface area contributed by atoms with Crippen LogP contribution in [0, 0.1) is 45.6 Å². The fourth-order valence-corrected chi connectivity index (χ4v) is 6.49. The largest absolute Gasteiger partial charge is 0.292 e. The third-order valence-corrected chi connectivity index (χ3v) is 8.71. The number of carbonyl (C=O) groups is 4. The van der Waals surface area contributed by atoms with Gasteiger partial charge in [-0.05, 0) is 60.4 Å². The Labute approximate surface area is 220 Å². The number of halogens is 2. The molecule has 37 heavy (non-hydrogen) atoms. The van der Waals surface area contributed by atoms with Crippen molar-refractivity contribution in [2.75, 3.05) is 6.54 Å². The molecule has 2 saturated carbocycles. The van der Waals surface area contributed by atoms with Crippen molar-refractivity contribution in [3.05, 3.63) is 85.9 Å². The maximum atomic E-state index is 13.7. The van der Waals surface area contributed by atoms with E-state index in [2.05, 4.69) is 0 Å². The number of hydrazine groups is 1. The third-order valence-electron chi connectivity index (χ3n) is 7.98. The van der Waals surface area contributed by atoms with Crippen LogP contribution in [-0.4, -0.2) is 45.0 Å². The first-order valence-electron chi connectivity index (χ1n) is 11.8. The van der Waals surface area contributed by atoms with Gasteiger partial charge in [-0.2, -0.15) is 5.01 Å². The Morgan fingerprint density at radius 2 is 1.49 bits per heavy atom. The second-order valence-corrected chi connectivity index (χ2v) is 10.7. The number of benzene rings is 2. The standard InChI is InChI=1S/C26H19Cl2N3O6/c27-19-8-3-13(9-20(19)28)24(33)29(11-21(32)12-1-4-14(5-2-12)31(36)37)30-25(34)22-15-6-7-16(18-10-17(15)18)23(22)26(30)35/h1-9,15-18,22-23H,10-11H2/t15-,16-,17-,18-,22-,23+/m1/s1. The lowest BCUT2D eigenvalue weighted by Gasteiger charge is -2.37. The summed E-state index contributed by atoms with van der Waals surface area (Å²) in [5.41, 5.74) is -0.0573. The summed E-state index contributed by atoms with van der Waals surface area (Å²) in [5, 5.41) is 13.0. The number of allylic oxidation sites excluding steroid dienone is 2. The molecule has 1 aliphatic heterocycles. The number of hydrogen-bond donors (Lipinski definition) is 0. The summed E-state index contributed by atoms with van der Waals surface area (Å²) in [6.45, 7) is -0.622. The summed E-state index contributed by atoms with van der Waals surface area (Å²) in [7, 11) is 0. The minimum atomic E-state index is -0.764. The molecule has 0 aromatic heterocycles. The zero-order valence-corrected chi connectivity index (χ0v) is 20.6. The number of ketones is 1. The van der Waals surface area contributed by atoms with Crippen LogP contribution < -0.4 is 0 Å². The number of non-ortho nitro benzene ring substituents is 1. The summed E-state index contributed by atoms with van der Waals surface area (Å²) >= 11 is 12.1. The highest BCUT2D eigenvalue weighted by Crippen LogP contribution is 2.65. The average molecular weight is 540 g/mol. The van der Waals surface area contributed by atoms with Crippen molar-refractivity contribution in [3.8, 4) is 0 Å². The Kier molecular flexibility index (Phi) is 5.47. The van der Waals surface area contributed by atoms with E-state index in [1.807, 2.05) is 12.2 Å². The Morgan fingerprint density at radius 3 is 2.03 bits per heavy atom. The molecule has 1 saturated heterocycles. The van der Waals surface area contributed by atoms with Gasteiger partial charge in [-0.25, -0.2) is 5.01 Å². The number of nitro benzene ring substituents is 1. The predicted octanol–water partition coefficient (Wildman–Crippen LogP) is 4.19. The molecular formula is C26H19Cl2N3O6. The number of Topliss-reactive ketones (excluding diaryl/α,β-unsaturated/α-hetero) is 1. The van der Waals surface area contributed by atoms with Crippen LogP contribution in [0.25, 0.3) is 0 Å². The van der Waals surface area contributed by atoms with Gasteiger partial charge in [0.25, 0.3) is 23.4 Å². The lowest BCUT2D eigenvalue weighted by atomic mass is 9.63. The Hall–Kier alpha value is -3.56. The third kappa shape index (κ3) is 3.67. The Morgan fingerprint density at radius 1 is 0.919 bits per heavy atom. The van der Waals surface area contributed by atoms with Crippen LogP contribution in [0.15, 0.2) is 54.6 Å². The van der Waals surface area contributed by atoms with Crippen molar-refractivity contribution in [1.29, 1.82) is 0 Å². The smallest absolute Gasteiger partial charge is 0.273 e. The van der Waals surface area contributed by atoms with Crippen LogP contribution in [0.5, 0.6) is 0 Å². The van der Waals surface area contributed by atoms with Gasteiger partial charge in [-0.15, -0.1) is 0 Å². The zero-order chi connectivity index (χ0) is 26.2. The fourth-order valence-electron chi connectivity index (χ4n) is 6.19. The number of nitro groups is 1. The van der Waals surface area contributed by atoms with Gasteiger partial charge in [-0.1, -0.05) is 35.4 Å². The lowest BCUT2D eigenvalue weighted by Crippen LogP contribution is -2.52. The van der Waals surface area contributed by atoms with Crippen LogP contribution in [0.2, 0.25) is 10.0 Å². The van der Waals surface area contributed by atoms with Gasteiger partial charge in [0.2, 0.25) is 0 Å². The number of rotatable bonds is 6. The monoisotopic (exact) mass is 539 g/mol. The van der Waals surface area contributed by atoms with Gasteiger partial charge < -0.3 is 0 Å². The number of imide groups is 1. The number of hydrogen-bond acceptors (Lipinski definition) is 6. The van der Waals surface area contributed by atoms with E-state index in [-0.39, 0.29) is 38.7 Å². The molecule has 5 aliphatic rings. The molecular weight excluding hydrogens is 521 g/mol. The molecule has 9 nitrogen and oxygen atoms in total. The van der Waals surface area contributed by atoms with Crippen molar-refractivity contribution < 1.29 is 24.1 Å². The number of carbonyl (C=O) groups excluding carboxylic acids is 4. The minimum absolute atomic E-state index is 0.0466. The highest BCUT2D eigenvalue weighted by Gasteiger charge is 2.68. The van der Waals surface area contributed by atoms with Gasteiger partial charge in [0.05, 0.1) is 26.8 Å². The second-order valence-electron chi connectivity index (χ2n) is 9.86. The fraction of sp³-hybridized carbons (Fsp3) is 0.308. The van der Waals surface area contributed by atoms with Gasteiger partial charge in [0.15, 0.2) is 5.78 Å². The van der Waals surface area contributed by atoms with E-state index in [0.29, 0.717) is 11.8 Å². The van der Waals surface area contributed by atoms with Crippen molar-refractivity contribution in [2.45, 2.75) is 6.42 Å². The molecule has 2 aromatic carbocycles. The van der Waals surface area contributed by atoms with Crippen LogP contribution in [-0.2, 0) is 9.59 Å². The molecule has 7 rings (SSSR count). The normalized spacial score (nSPS) is 28.6. The predicted molar refractivity (Wildman–Crippen MR) is 131 cm³/mol. The molecule has 188 valence electrons. The summed E-state index contributed by atoms with van der Waals surface area (Å²) in [4.78, 5) is 64.6. The Balaban J connectivity index is 1.35. The van der Waals surface area contributed by atoms with Crippen LogP contribution in [0.3, 0.4) is 0 Å². The van der Waals surface area contributed by atoms with Gasteiger partial charge in [-0.3, -0.25) is 29.3 Å². The van der Waals surface area contributed by atoms with E-state index in [1.54, 1.807) is 0 Å². The highest BCUT2D eigenvalue weighted by molar-refractivity contribution is 6.42. The molecule has 6 atom stereocenters. The van der Waals surface area contributed by atoms with Crippen molar-refractivity contribution in [1.82, 2.24) is 10.0 Å². The van der Waals surface area contributed by atoms with Gasteiger partial charge >= 0.3 is 0 Å². The molecule has 0 radical (unpaired) electrons. The summed E-state index contributed by atoms with van der Waals surface area (Å²) in [6, 6.07) is 9.02. The molecule has 3 fully saturated rings. The second kappa shape index (κ2) is 8.49. The van der Waals surface area contributed by atoms with Crippen LogP contribution in [0.1, 0.15) is 27.1 Å². The Bertz CT molecular complexity index is 1390. The summed E-state index contributed by atoms with van der Waals surface area (Å²) in [6.07, 6.45) is 5.02. The zero-order valence-electron chi connectivity index (χ0n) is 19.1. The molecule has 0 N–H and O–H groups in total. The molecule has 2 bridgehead atoms. The summed E-state index contributed by atoms with van der Waals surface area (Å²) in [5.74, 6) is -2.86. The minimum Gasteiger partial charge on any atom is -0.292 e. The quantitative estimate of drug-likeness (QED) is 0.178. The van der Waals surface area contributed by atoms with Crippen molar-refractivity contribution >= 4 is 52.4 Å². The number of amides is 3. The van der Waals surface area contributed by atoms with E-state index in [4.69, 9.17) is 23.2 Å². The SMILES string of the molecule is O=C(CN(C(=O)c1ccc(Cl)c(Cl)c1)N1C(=O)[C@@H]2[C@@H]3C=C[C@H]([C@H]4C[C@H]34)[C@@H]2C1=O)c1ccc([N+](=O)[O-])cc1. The molecule has 4 aliphatic carbocycles. The molecule has 11 heteroatoms. The first kappa shape index (κ1) is 23.8. The molecule has 0 unspecified atom stereocenters. The van der Waals surface area contributed by atoms with E-state index in [0.717, 1.165) is 16.4 Å². The molecule has 0 spiro atoms. The van der Waals surface area contributed by atoms with E-state index >= 15 is 0 Å². The van der Waals surface area contributed by atoms with Gasteiger partial charge in [0, 0.05) is 23.3 Å².